The van der Waals surface area contributed by atoms with Gasteiger partial charge in [-0.15, -0.1) is 11.8 Å². The molecule has 0 bridgehead atoms. The molecule has 0 atom stereocenters. The van der Waals surface area contributed by atoms with Crippen LogP contribution in [0.4, 0.5) is 10.1 Å². The smallest absolute Gasteiger partial charge is 0.272 e. The summed E-state index contributed by atoms with van der Waals surface area (Å²) in [5.74, 6) is -0.740. The fraction of sp³-hybridized carbons (Fsp3) is 0.238. The highest BCUT2D eigenvalue weighted by Gasteiger charge is 2.41. The van der Waals surface area contributed by atoms with E-state index in [9.17, 15) is 14.0 Å². The number of halogens is 1. The third-order valence-electron chi connectivity index (χ3n) is 3.93. The first-order valence-electron chi connectivity index (χ1n) is 8.71. The van der Waals surface area contributed by atoms with Gasteiger partial charge in [-0.1, -0.05) is 38.1 Å². The molecule has 0 saturated carbocycles. The van der Waals surface area contributed by atoms with Gasteiger partial charge in [-0.2, -0.15) is 0 Å². The Morgan fingerprint density at radius 3 is 2.33 bits per heavy atom. The second-order valence-electron chi connectivity index (χ2n) is 6.22. The molecule has 6 heteroatoms. The highest BCUT2D eigenvalue weighted by atomic mass is 32.2. The molecule has 0 fully saturated rings. The molecule has 2 aromatic rings. The molecule has 27 heavy (non-hydrogen) atoms. The summed E-state index contributed by atoms with van der Waals surface area (Å²) >= 11 is 1.33. The van der Waals surface area contributed by atoms with E-state index in [0.29, 0.717) is 34.1 Å². The van der Waals surface area contributed by atoms with E-state index in [1.54, 1.807) is 24.3 Å². The van der Waals surface area contributed by atoms with Crippen LogP contribution in [0.15, 0.2) is 53.4 Å². The summed E-state index contributed by atoms with van der Waals surface area (Å²) < 4.78 is 18.9. The summed E-state index contributed by atoms with van der Waals surface area (Å²) in [7, 11) is 0. The molecule has 140 valence electrons. The standard InChI is InChI=1S/C21H20FNO3S/c1-4-26-17-8-6-5-7-16(17)23-20(24)18(14-9-11-15(22)12-10-14)19(21(23)25)27-13(2)3/h5-13H,4H2,1-3H3. The van der Waals surface area contributed by atoms with Crippen LogP contribution in [0.25, 0.3) is 5.57 Å². The molecule has 1 heterocycles. The number of carbonyl (C=O) groups is 2. The van der Waals surface area contributed by atoms with Gasteiger partial charge in [-0.3, -0.25) is 9.59 Å². The number of amides is 2. The van der Waals surface area contributed by atoms with Gasteiger partial charge >= 0.3 is 0 Å². The fourth-order valence-corrected chi connectivity index (χ4v) is 3.85. The van der Waals surface area contributed by atoms with Crippen molar-refractivity contribution in [2.24, 2.45) is 0 Å². The largest absolute Gasteiger partial charge is 0.492 e. The molecule has 1 aliphatic rings. The summed E-state index contributed by atoms with van der Waals surface area (Å²) in [5, 5.41) is 0.106. The third kappa shape index (κ3) is 3.76. The lowest BCUT2D eigenvalue weighted by Gasteiger charge is -2.19. The molecule has 0 radical (unpaired) electrons. The molecular formula is C21H20FNO3S. The van der Waals surface area contributed by atoms with Crippen LogP contribution in [0.1, 0.15) is 26.3 Å². The van der Waals surface area contributed by atoms with E-state index in [4.69, 9.17) is 4.74 Å². The van der Waals surface area contributed by atoms with E-state index >= 15 is 0 Å². The fourth-order valence-electron chi connectivity index (χ4n) is 2.86. The van der Waals surface area contributed by atoms with Crippen LogP contribution < -0.4 is 9.64 Å². The molecule has 0 saturated heterocycles. The molecule has 0 unspecified atom stereocenters. The first-order valence-corrected chi connectivity index (χ1v) is 9.59. The molecule has 4 nitrogen and oxygen atoms in total. The Labute approximate surface area is 162 Å². The minimum atomic E-state index is -0.429. The van der Waals surface area contributed by atoms with Gasteiger partial charge in [0.2, 0.25) is 0 Å². The van der Waals surface area contributed by atoms with Crippen LogP contribution in [0, 0.1) is 5.82 Å². The molecular weight excluding hydrogens is 365 g/mol. The SMILES string of the molecule is CCOc1ccccc1N1C(=O)C(SC(C)C)=C(c2ccc(F)cc2)C1=O. The van der Waals surface area contributed by atoms with Gasteiger partial charge in [0.05, 0.1) is 22.8 Å². The third-order valence-corrected chi connectivity index (χ3v) is 5.02. The first kappa shape index (κ1) is 19.2. The zero-order valence-corrected chi connectivity index (χ0v) is 16.2. The molecule has 2 amide bonds. The average molecular weight is 385 g/mol. The van der Waals surface area contributed by atoms with E-state index in [2.05, 4.69) is 0 Å². The second kappa shape index (κ2) is 7.96. The quantitative estimate of drug-likeness (QED) is 0.679. The van der Waals surface area contributed by atoms with Crippen LogP contribution >= 0.6 is 11.8 Å². The van der Waals surface area contributed by atoms with Crippen molar-refractivity contribution in [1.82, 2.24) is 0 Å². The number of thioether (sulfide) groups is 1. The number of hydrogen-bond acceptors (Lipinski definition) is 4. The van der Waals surface area contributed by atoms with Crippen molar-refractivity contribution in [3.63, 3.8) is 0 Å². The van der Waals surface area contributed by atoms with Crippen LogP contribution in [0.3, 0.4) is 0 Å². The summed E-state index contributed by atoms with van der Waals surface area (Å²) in [6, 6.07) is 12.6. The Morgan fingerprint density at radius 2 is 1.70 bits per heavy atom. The molecule has 3 rings (SSSR count). The van der Waals surface area contributed by atoms with Crippen LogP contribution in [-0.2, 0) is 9.59 Å². The molecule has 0 aromatic heterocycles. The Bertz CT molecular complexity index is 906. The molecule has 0 spiro atoms. The van der Waals surface area contributed by atoms with E-state index in [-0.39, 0.29) is 11.2 Å². The van der Waals surface area contributed by atoms with Crippen molar-refractivity contribution >= 4 is 34.8 Å². The van der Waals surface area contributed by atoms with Crippen molar-refractivity contribution in [2.75, 3.05) is 11.5 Å². The minimum Gasteiger partial charge on any atom is -0.492 e. The molecule has 2 aromatic carbocycles. The maximum Gasteiger partial charge on any atom is 0.272 e. The number of hydrogen-bond donors (Lipinski definition) is 0. The van der Waals surface area contributed by atoms with E-state index < -0.39 is 11.7 Å². The van der Waals surface area contributed by atoms with Crippen LogP contribution in [0.5, 0.6) is 5.75 Å². The monoisotopic (exact) mass is 385 g/mol. The Morgan fingerprint density at radius 1 is 1.04 bits per heavy atom. The number of imide groups is 1. The summed E-state index contributed by atoms with van der Waals surface area (Å²) in [6.07, 6.45) is 0. The zero-order chi connectivity index (χ0) is 19.6. The van der Waals surface area contributed by atoms with Crippen LogP contribution in [-0.4, -0.2) is 23.7 Å². The Balaban J connectivity index is 2.11. The van der Waals surface area contributed by atoms with E-state index in [0.717, 1.165) is 4.90 Å². The van der Waals surface area contributed by atoms with Gasteiger partial charge in [-0.05, 0) is 36.8 Å². The number of para-hydroxylation sites is 2. The van der Waals surface area contributed by atoms with E-state index in [1.807, 2.05) is 20.8 Å². The Hall–Kier alpha value is -2.60. The van der Waals surface area contributed by atoms with Crippen molar-refractivity contribution in [2.45, 2.75) is 26.0 Å². The number of anilines is 1. The van der Waals surface area contributed by atoms with Crippen LogP contribution in [0.2, 0.25) is 0 Å². The lowest BCUT2D eigenvalue weighted by molar-refractivity contribution is -0.119. The highest BCUT2D eigenvalue weighted by Crippen LogP contribution is 2.42. The van der Waals surface area contributed by atoms with E-state index in [1.165, 1.54) is 36.0 Å². The number of nitrogens with zero attached hydrogens (tertiary/aromatic N) is 1. The number of carbonyl (C=O) groups excluding carboxylic acids is 2. The van der Waals surface area contributed by atoms with Gasteiger partial charge < -0.3 is 4.74 Å². The van der Waals surface area contributed by atoms with Gasteiger partial charge in [0.25, 0.3) is 11.8 Å². The van der Waals surface area contributed by atoms with Gasteiger partial charge in [-0.25, -0.2) is 9.29 Å². The predicted molar refractivity (Wildman–Crippen MR) is 106 cm³/mol. The maximum absolute atomic E-state index is 13.3. The minimum absolute atomic E-state index is 0.106. The number of rotatable bonds is 6. The lowest BCUT2D eigenvalue weighted by Crippen LogP contribution is -2.31. The summed E-state index contributed by atoms with van der Waals surface area (Å²) in [4.78, 5) is 27.9. The maximum atomic E-state index is 13.3. The zero-order valence-electron chi connectivity index (χ0n) is 15.4. The van der Waals surface area contributed by atoms with Crippen molar-refractivity contribution < 1.29 is 18.7 Å². The topological polar surface area (TPSA) is 46.6 Å². The lowest BCUT2D eigenvalue weighted by atomic mass is 10.1. The van der Waals surface area contributed by atoms with Crippen molar-refractivity contribution in [1.29, 1.82) is 0 Å². The van der Waals surface area contributed by atoms with Crippen molar-refractivity contribution in [3.05, 3.63) is 64.8 Å². The van der Waals surface area contributed by atoms with Gasteiger partial charge in [0, 0.05) is 5.25 Å². The van der Waals surface area contributed by atoms with Crippen molar-refractivity contribution in [3.8, 4) is 5.75 Å². The average Bonchev–Trinajstić information content (AvgIpc) is 2.87. The second-order valence-corrected chi connectivity index (χ2v) is 7.81. The number of benzene rings is 2. The summed E-state index contributed by atoms with van der Waals surface area (Å²) in [5.41, 5.74) is 1.23. The molecule has 0 N–H and O–H groups in total. The Kier molecular flexibility index (Phi) is 5.65. The first-order chi connectivity index (χ1) is 12.9. The summed E-state index contributed by atoms with van der Waals surface area (Å²) in [6.45, 7) is 6.16. The molecule has 0 aliphatic carbocycles. The molecule has 1 aliphatic heterocycles. The predicted octanol–water partition coefficient (Wildman–Crippen LogP) is 4.65. The van der Waals surface area contributed by atoms with Gasteiger partial charge in [0.1, 0.15) is 11.6 Å². The van der Waals surface area contributed by atoms with Gasteiger partial charge in [0.15, 0.2) is 0 Å². The normalized spacial score (nSPS) is 14.5. The highest BCUT2D eigenvalue weighted by molar-refractivity contribution is 8.04. The number of ether oxygens (including phenoxy) is 1.